The molecule has 0 aromatic carbocycles. The molecule has 0 aliphatic carbocycles. The van der Waals surface area contributed by atoms with Crippen molar-refractivity contribution in [1.82, 2.24) is 15.0 Å². The summed E-state index contributed by atoms with van der Waals surface area (Å²) in [6, 6.07) is 0.376. The minimum atomic E-state index is 0.376. The van der Waals surface area contributed by atoms with Crippen LogP contribution in [0.3, 0.4) is 0 Å². The fourth-order valence-corrected chi connectivity index (χ4v) is 2.05. The van der Waals surface area contributed by atoms with Crippen molar-refractivity contribution in [2.24, 2.45) is 0 Å². The fourth-order valence-electron chi connectivity index (χ4n) is 2.05. The minimum Gasteiger partial charge on any atom is -0.464 e. The molecule has 1 aromatic heterocycles. The average Bonchev–Trinajstić information content (AvgIpc) is 2.52. The number of aromatic nitrogens is 3. The number of ether oxygens (including phenoxy) is 1. The summed E-state index contributed by atoms with van der Waals surface area (Å²) >= 11 is 0. The maximum Gasteiger partial charge on any atom is 0.323 e. The van der Waals surface area contributed by atoms with Gasteiger partial charge in [0.05, 0.1) is 6.61 Å². The molecule has 1 heterocycles. The Morgan fingerprint density at radius 2 is 1.36 bits per heavy atom. The van der Waals surface area contributed by atoms with Gasteiger partial charge in [-0.05, 0) is 19.8 Å². The topological polar surface area (TPSA) is 72.0 Å². The molecule has 6 heteroatoms. The number of unbranched alkanes of at least 4 members (excludes halogenated alkanes) is 5. The van der Waals surface area contributed by atoms with Crippen LogP contribution in [0.1, 0.15) is 65.7 Å². The van der Waals surface area contributed by atoms with Crippen molar-refractivity contribution < 1.29 is 4.74 Å². The third kappa shape index (κ3) is 8.00. The summed E-state index contributed by atoms with van der Waals surface area (Å²) in [6.45, 7) is 8.54. The first-order valence-corrected chi connectivity index (χ1v) is 8.66. The molecule has 0 aliphatic rings. The zero-order valence-electron chi connectivity index (χ0n) is 14.3. The highest BCUT2D eigenvalue weighted by Gasteiger charge is 2.06. The van der Waals surface area contributed by atoms with E-state index in [-0.39, 0.29) is 0 Å². The maximum atomic E-state index is 5.40. The summed E-state index contributed by atoms with van der Waals surface area (Å²) in [4.78, 5) is 12.9. The van der Waals surface area contributed by atoms with Gasteiger partial charge in [-0.15, -0.1) is 0 Å². The normalized spacial score (nSPS) is 10.5. The first-order valence-electron chi connectivity index (χ1n) is 8.66. The van der Waals surface area contributed by atoms with E-state index in [4.69, 9.17) is 4.74 Å². The molecule has 0 saturated carbocycles. The zero-order valence-corrected chi connectivity index (χ0v) is 14.3. The van der Waals surface area contributed by atoms with Gasteiger partial charge in [-0.3, -0.25) is 0 Å². The molecular weight excluding hydrogens is 278 g/mol. The molecule has 126 valence electrons. The van der Waals surface area contributed by atoms with E-state index in [0.29, 0.717) is 24.5 Å². The standard InChI is InChI=1S/C16H31N5O/c1-4-7-8-9-10-11-13-18-15-19-14(17-12-5-2)20-16(21-15)22-6-3/h4-13H2,1-3H3,(H2,17,18,19,20,21). The van der Waals surface area contributed by atoms with E-state index in [2.05, 4.69) is 39.4 Å². The third-order valence-electron chi connectivity index (χ3n) is 3.23. The van der Waals surface area contributed by atoms with Crippen molar-refractivity contribution >= 4 is 11.9 Å². The lowest BCUT2D eigenvalue weighted by Gasteiger charge is -2.09. The summed E-state index contributed by atoms with van der Waals surface area (Å²) in [5.41, 5.74) is 0. The second-order valence-corrected chi connectivity index (χ2v) is 5.32. The van der Waals surface area contributed by atoms with Crippen LogP contribution in [0, 0.1) is 0 Å². The molecule has 2 N–H and O–H groups in total. The van der Waals surface area contributed by atoms with Gasteiger partial charge in [0, 0.05) is 13.1 Å². The average molecular weight is 309 g/mol. The number of hydrogen-bond acceptors (Lipinski definition) is 6. The van der Waals surface area contributed by atoms with Crippen LogP contribution in [-0.4, -0.2) is 34.6 Å². The summed E-state index contributed by atoms with van der Waals surface area (Å²) in [7, 11) is 0. The van der Waals surface area contributed by atoms with E-state index < -0.39 is 0 Å². The van der Waals surface area contributed by atoms with Gasteiger partial charge in [0.25, 0.3) is 0 Å². The molecule has 6 nitrogen and oxygen atoms in total. The molecule has 0 aliphatic heterocycles. The Morgan fingerprint density at radius 1 is 0.727 bits per heavy atom. The van der Waals surface area contributed by atoms with Crippen molar-refractivity contribution in [3.05, 3.63) is 0 Å². The summed E-state index contributed by atoms with van der Waals surface area (Å²) in [5.74, 6) is 1.16. The van der Waals surface area contributed by atoms with Crippen LogP contribution in [0.5, 0.6) is 6.01 Å². The van der Waals surface area contributed by atoms with Crippen LogP contribution >= 0.6 is 0 Å². The molecule has 0 unspecified atom stereocenters. The molecule has 0 amide bonds. The van der Waals surface area contributed by atoms with E-state index in [0.717, 1.165) is 25.9 Å². The van der Waals surface area contributed by atoms with Gasteiger partial charge in [-0.2, -0.15) is 15.0 Å². The number of anilines is 2. The van der Waals surface area contributed by atoms with E-state index in [1.165, 1.54) is 32.1 Å². The molecule has 0 saturated heterocycles. The second kappa shape index (κ2) is 12.0. The van der Waals surface area contributed by atoms with Crippen molar-refractivity contribution in [2.45, 2.75) is 65.7 Å². The molecule has 0 atom stereocenters. The number of hydrogen-bond donors (Lipinski definition) is 2. The summed E-state index contributed by atoms with van der Waals surface area (Å²) in [6.07, 6.45) is 8.68. The highest BCUT2D eigenvalue weighted by Crippen LogP contribution is 2.12. The number of nitrogens with zero attached hydrogens (tertiary/aromatic N) is 3. The van der Waals surface area contributed by atoms with Crippen LogP contribution in [-0.2, 0) is 0 Å². The predicted molar refractivity (Wildman–Crippen MR) is 91.6 cm³/mol. The second-order valence-electron chi connectivity index (χ2n) is 5.32. The van der Waals surface area contributed by atoms with Crippen LogP contribution in [0.25, 0.3) is 0 Å². The van der Waals surface area contributed by atoms with E-state index in [9.17, 15) is 0 Å². The molecule has 0 bridgehead atoms. The molecule has 1 rings (SSSR count). The highest BCUT2D eigenvalue weighted by molar-refractivity contribution is 5.35. The Morgan fingerprint density at radius 3 is 2.00 bits per heavy atom. The van der Waals surface area contributed by atoms with E-state index in [1.54, 1.807) is 0 Å². The highest BCUT2D eigenvalue weighted by atomic mass is 16.5. The summed E-state index contributed by atoms with van der Waals surface area (Å²) in [5, 5.41) is 6.45. The van der Waals surface area contributed by atoms with Gasteiger partial charge in [-0.1, -0.05) is 46.0 Å². The van der Waals surface area contributed by atoms with Crippen LogP contribution in [0.2, 0.25) is 0 Å². The van der Waals surface area contributed by atoms with E-state index >= 15 is 0 Å². The molecule has 0 radical (unpaired) electrons. The number of rotatable bonds is 13. The van der Waals surface area contributed by atoms with E-state index in [1.807, 2.05) is 6.92 Å². The fraction of sp³-hybridized carbons (Fsp3) is 0.812. The first kappa shape index (κ1) is 18.5. The van der Waals surface area contributed by atoms with Crippen molar-refractivity contribution in [1.29, 1.82) is 0 Å². The molecule has 0 fully saturated rings. The third-order valence-corrected chi connectivity index (χ3v) is 3.23. The lowest BCUT2D eigenvalue weighted by molar-refractivity contribution is 0.312. The van der Waals surface area contributed by atoms with Gasteiger partial charge in [0.15, 0.2) is 0 Å². The van der Waals surface area contributed by atoms with Crippen molar-refractivity contribution in [2.75, 3.05) is 30.3 Å². The van der Waals surface area contributed by atoms with Crippen molar-refractivity contribution in [3.63, 3.8) is 0 Å². The lowest BCUT2D eigenvalue weighted by atomic mass is 10.1. The molecule has 22 heavy (non-hydrogen) atoms. The first-order chi connectivity index (χ1) is 10.8. The smallest absolute Gasteiger partial charge is 0.323 e. The Bertz CT molecular complexity index is 400. The van der Waals surface area contributed by atoms with Crippen LogP contribution in [0.15, 0.2) is 0 Å². The lowest BCUT2D eigenvalue weighted by Crippen LogP contribution is -2.12. The molecule has 0 spiro atoms. The van der Waals surface area contributed by atoms with Gasteiger partial charge >= 0.3 is 6.01 Å². The Balaban J connectivity index is 2.41. The molecule has 1 aromatic rings. The quantitative estimate of drug-likeness (QED) is 0.539. The van der Waals surface area contributed by atoms with Gasteiger partial charge in [-0.25, -0.2) is 0 Å². The SMILES string of the molecule is CCCCCCCCNc1nc(NCCC)nc(OCC)n1. The maximum absolute atomic E-state index is 5.40. The Hall–Kier alpha value is -1.59. The zero-order chi connectivity index (χ0) is 16.0. The van der Waals surface area contributed by atoms with Crippen LogP contribution in [0.4, 0.5) is 11.9 Å². The Labute approximate surface area is 134 Å². The van der Waals surface area contributed by atoms with Gasteiger partial charge < -0.3 is 15.4 Å². The number of nitrogens with one attached hydrogen (secondary N) is 2. The van der Waals surface area contributed by atoms with Crippen LogP contribution < -0.4 is 15.4 Å². The van der Waals surface area contributed by atoms with Crippen molar-refractivity contribution in [3.8, 4) is 6.01 Å². The summed E-state index contributed by atoms with van der Waals surface area (Å²) < 4.78 is 5.40. The van der Waals surface area contributed by atoms with Gasteiger partial charge in [0.2, 0.25) is 11.9 Å². The monoisotopic (exact) mass is 309 g/mol. The largest absolute Gasteiger partial charge is 0.464 e. The predicted octanol–water partition coefficient (Wildman–Crippen LogP) is 3.86. The minimum absolute atomic E-state index is 0.376. The molecular formula is C16H31N5O. The van der Waals surface area contributed by atoms with Gasteiger partial charge in [0.1, 0.15) is 0 Å². The Kier molecular flexibility index (Phi) is 10.1.